The predicted molar refractivity (Wildman–Crippen MR) is 71.6 cm³/mol. The van der Waals surface area contributed by atoms with Gasteiger partial charge < -0.3 is 15.0 Å². The number of hydrogen-bond donors (Lipinski definition) is 1. The summed E-state index contributed by atoms with van der Waals surface area (Å²) in [6, 6.07) is -0.0237. The Kier molecular flexibility index (Phi) is 5.19. The molecule has 2 heterocycles. The highest BCUT2D eigenvalue weighted by molar-refractivity contribution is 5.83. The smallest absolute Gasteiger partial charge is 0.307 e. The van der Waals surface area contributed by atoms with Crippen molar-refractivity contribution >= 4 is 11.9 Å². The summed E-state index contributed by atoms with van der Waals surface area (Å²) in [6.07, 6.45) is 6.54. The molecule has 2 fully saturated rings. The van der Waals surface area contributed by atoms with E-state index in [9.17, 15) is 9.59 Å². The molecule has 19 heavy (non-hydrogen) atoms. The van der Waals surface area contributed by atoms with Gasteiger partial charge >= 0.3 is 5.97 Å². The largest absolute Gasteiger partial charge is 0.469 e. The van der Waals surface area contributed by atoms with Crippen LogP contribution in [0.3, 0.4) is 0 Å². The average molecular weight is 268 g/mol. The van der Waals surface area contributed by atoms with Gasteiger partial charge in [0.2, 0.25) is 5.91 Å². The molecule has 0 saturated carbocycles. The second-order valence-electron chi connectivity index (χ2n) is 5.46. The highest BCUT2D eigenvalue weighted by Crippen LogP contribution is 2.22. The highest BCUT2D eigenvalue weighted by Gasteiger charge is 2.33. The Hall–Kier alpha value is -1.10. The minimum absolute atomic E-state index is 0.0254. The number of esters is 1. The Morgan fingerprint density at radius 3 is 2.68 bits per heavy atom. The maximum Gasteiger partial charge on any atom is 0.307 e. The summed E-state index contributed by atoms with van der Waals surface area (Å²) in [5.74, 6) is -0.0467. The van der Waals surface area contributed by atoms with Gasteiger partial charge in [-0.05, 0) is 38.6 Å². The molecule has 2 atom stereocenters. The fourth-order valence-electron chi connectivity index (χ4n) is 3.04. The lowest BCUT2D eigenvalue weighted by Crippen LogP contribution is -2.53. The number of carbonyl (C=O) groups is 2. The van der Waals surface area contributed by atoms with E-state index in [-0.39, 0.29) is 24.0 Å². The van der Waals surface area contributed by atoms with Crippen LogP contribution in [0, 0.1) is 0 Å². The van der Waals surface area contributed by atoms with Gasteiger partial charge in [-0.2, -0.15) is 0 Å². The van der Waals surface area contributed by atoms with Crippen molar-refractivity contribution in [1.82, 2.24) is 10.2 Å². The van der Waals surface area contributed by atoms with E-state index in [2.05, 4.69) is 5.32 Å². The normalized spacial score (nSPS) is 27.9. The van der Waals surface area contributed by atoms with Crippen LogP contribution in [0.5, 0.6) is 0 Å². The fraction of sp³-hybridized carbons (Fsp3) is 0.857. The number of hydrogen-bond acceptors (Lipinski definition) is 4. The van der Waals surface area contributed by atoms with Crippen molar-refractivity contribution in [3.8, 4) is 0 Å². The van der Waals surface area contributed by atoms with Crippen molar-refractivity contribution in [2.45, 2.75) is 57.0 Å². The Morgan fingerprint density at radius 2 is 2.00 bits per heavy atom. The summed E-state index contributed by atoms with van der Waals surface area (Å²) in [4.78, 5) is 25.9. The van der Waals surface area contributed by atoms with Crippen LogP contribution in [-0.2, 0) is 14.3 Å². The molecule has 0 aromatic carbocycles. The van der Waals surface area contributed by atoms with E-state index in [1.54, 1.807) is 0 Å². The minimum Gasteiger partial charge on any atom is -0.469 e. The Balaban J connectivity index is 1.97. The van der Waals surface area contributed by atoms with Gasteiger partial charge in [0.25, 0.3) is 0 Å². The number of carbonyl (C=O) groups excluding carboxylic acids is 2. The van der Waals surface area contributed by atoms with Gasteiger partial charge in [-0.25, -0.2) is 0 Å². The van der Waals surface area contributed by atoms with Crippen molar-refractivity contribution in [2.24, 2.45) is 0 Å². The third-order valence-electron chi connectivity index (χ3n) is 4.15. The number of nitrogens with zero attached hydrogens (tertiary/aromatic N) is 1. The van der Waals surface area contributed by atoms with Crippen LogP contribution >= 0.6 is 0 Å². The van der Waals surface area contributed by atoms with Crippen molar-refractivity contribution in [2.75, 3.05) is 20.2 Å². The fourth-order valence-corrected chi connectivity index (χ4v) is 3.04. The Bertz CT molecular complexity index is 327. The second-order valence-corrected chi connectivity index (χ2v) is 5.46. The minimum atomic E-state index is -0.221. The number of ether oxygens (including phenoxy) is 1. The molecule has 108 valence electrons. The van der Waals surface area contributed by atoms with E-state index in [0.717, 1.165) is 51.6 Å². The zero-order valence-electron chi connectivity index (χ0n) is 11.7. The van der Waals surface area contributed by atoms with Gasteiger partial charge in [0.05, 0.1) is 19.6 Å². The number of methoxy groups -OCH3 is 1. The quantitative estimate of drug-likeness (QED) is 0.778. The number of likely N-dealkylation sites (tertiary alicyclic amines) is 1. The van der Waals surface area contributed by atoms with Crippen molar-refractivity contribution in [3.05, 3.63) is 0 Å². The molecule has 0 aromatic rings. The molecule has 0 aromatic heterocycles. The molecule has 0 spiro atoms. The van der Waals surface area contributed by atoms with E-state index in [4.69, 9.17) is 4.74 Å². The monoisotopic (exact) mass is 268 g/mol. The molecule has 0 bridgehead atoms. The van der Waals surface area contributed by atoms with Crippen LogP contribution in [0.1, 0.15) is 44.9 Å². The van der Waals surface area contributed by atoms with Gasteiger partial charge in [-0.15, -0.1) is 0 Å². The number of nitrogens with one attached hydrogen (secondary N) is 1. The van der Waals surface area contributed by atoms with Crippen molar-refractivity contribution in [1.29, 1.82) is 0 Å². The Labute approximate surface area is 114 Å². The summed E-state index contributed by atoms with van der Waals surface area (Å²) < 4.78 is 4.73. The van der Waals surface area contributed by atoms with Gasteiger partial charge in [0.15, 0.2) is 0 Å². The first kappa shape index (κ1) is 14.3. The maximum atomic E-state index is 12.5. The summed E-state index contributed by atoms with van der Waals surface area (Å²) in [7, 11) is 1.40. The van der Waals surface area contributed by atoms with Gasteiger partial charge in [-0.3, -0.25) is 9.59 Å². The second kappa shape index (κ2) is 6.89. The molecule has 1 amide bonds. The first-order chi connectivity index (χ1) is 9.22. The van der Waals surface area contributed by atoms with Crippen LogP contribution in [0.25, 0.3) is 0 Å². The Morgan fingerprint density at radius 1 is 1.21 bits per heavy atom. The van der Waals surface area contributed by atoms with Crippen LogP contribution in [0.15, 0.2) is 0 Å². The molecule has 5 heteroatoms. The molecular formula is C14H24N2O3. The molecule has 2 saturated heterocycles. The molecule has 2 aliphatic rings. The van der Waals surface area contributed by atoms with E-state index in [1.165, 1.54) is 7.11 Å². The van der Waals surface area contributed by atoms with Gasteiger partial charge in [-0.1, -0.05) is 6.42 Å². The first-order valence-electron chi connectivity index (χ1n) is 7.33. The standard InChI is InChI=1S/C14H24N2O3/c1-19-13(17)10-11-6-3-5-9-16(11)14(18)12-7-2-4-8-15-12/h11-12,15H,2-10H2,1H3. The van der Waals surface area contributed by atoms with Crippen molar-refractivity contribution < 1.29 is 14.3 Å². The zero-order chi connectivity index (χ0) is 13.7. The summed E-state index contributed by atoms with van der Waals surface area (Å²) in [5, 5.41) is 3.30. The lowest BCUT2D eigenvalue weighted by molar-refractivity contribution is -0.145. The summed E-state index contributed by atoms with van der Waals surface area (Å²) in [5.41, 5.74) is 0. The van der Waals surface area contributed by atoms with Crippen LogP contribution in [-0.4, -0.2) is 49.1 Å². The first-order valence-corrected chi connectivity index (χ1v) is 7.33. The van der Waals surface area contributed by atoms with E-state index >= 15 is 0 Å². The molecule has 2 unspecified atom stereocenters. The third-order valence-corrected chi connectivity index (χ3v) is 4.15. The number of piperidine rings is 2. The van der Waals surface area contributed by atoms with Crippen molar-refractivity contribution in [3.63, 3.8) is 0 Å². The number of amides is 1. The topological polar surface area (TPSA) is 58.6 Å². The molecule has 2 aliphatic heterocycles. The van der Waals surface area contributed by atoms with Crippen LogP contribution in [0.4, 0.5) is 0 Å². The van der Waals surface area contributed by atoms with Crippen LogP contribution < -0.4 is 5.32 Å². The molecule has 0 aliphatic carbocycles. The van der Waals surface area contributed by atoms with E-state index in [1.807, 2.05) is 4.90 Å². The third kappa shape index (κ3) is 3.69. The number of rotatable bonds is 3. The lowest BCUT2D eigenvalue weighted by atomic mass is 9.96. The molecule has 0 radical (unpaired) electrons. The van der Waals surface area contributed by atoms with Gasteiger partial charge in [0.1, 0.15) is 0 Å². The predicted octanol–water partition coefficient (Wildman–Crippen LogP) is 1.07. The average Bonchev–Trinajstić information content (AvgIpc) is 2.48. The SMILES string of the molecule is COC(=O)CC1CCCCN1C(=O)C1CCCCN1. The molecular weight excluding hydrogens is 244 g/mol. The van der Waals surface area contributed by atoms with E-state index < -0.39 is 0 Å². The summed E-state index contributed by atoms with van der Waals surface area (Å²) >= 11 is 0. The summed E-state index contributed by atoms with van der Waals surface area (Å²) in [6.45, 7) is 1.70. The zero-order valence-corrected chi connectivity index (χ0v) is 11.7. The van der Waals surface area contributed by atoms with E-state index in [0.29, 0.717) is 6.42 Å². The van der Waals surface area contributed by atoms with Gasteiger partial charge in [0, 0.05) is 12.6 Å². The maximum absolute atomic E-state index is 12.5. The molecule has 5 nitrogen and oxygen atoms in total. The van der Waals surface area contributed by atoms with Crippen LogP contribution in [0.2, 0.25) is 0 Å². The lowest BCUT2D eigenvalue weighted by Gasteiger charge is -2.38. The highest BCUT2D eigenvalue weighted by atomic mass is 16.5. The molecule has 1 N–H and O–H groups in total. The molecule has 2 rings (SSSR count).